The molecule has 0 aromatic carbocycles. The number of carbonyl (C=O) groups excluding carboxylic acids is 1. The maximum Gasteiger partial charge on any atom is 0.243 e. The van der Waals surface area contributed by atoms with E-state index in [1.165, 1.54) is 19.4 Å². The van der Waals surface area contributed by atoms with Gasteiger partial charge in [0, 0.05) is 51.9 Å². The van der Waals surface area contributed by atoms with Gasteiger partial charge in [0.1, 0.15) is 6.54 Å². The van der Waals surface area contributed by atoms with Gasteiger partial charge in [-0.15, -0.1) is 0 Å². The highest BCUT2D eigenvalue weighted by Crippen LogP contribution is 2.15. The van der Waals surface area contributed by atoms with Gasteiger partial charge in [0.15, 0.2) is 5.96 Å². The van der Waals surface area contributed by atoms with Crippen molar-refractivity contribution in [1.29, 1.82) is 0 Å². The first-order valence-electron chi connectivity index (χ1n) is 11.0. The largest absolute Gasteiger partial charge is 0.356 e. The first-order valence-corrected chi connectivity index (χ1v) is 11.0. The highest BCUT2D eigenvalue weighted by Gasteiger charge is 2.22. The van der Waals surface area contributed by atoms with E-state index in [2.05, 4.69) is 60.0 Å². The molecule has 0 aromatic heterocycles. The number of rotatable bonds is 11. The van der Waals surface area contributed by atoms with Crippen molar-refractivity contribution in [2.24, 2.45) is 4.99 Å². The normalized spacial score (nSPS) is 18.4. The topological polar surface area (TPSA) is 63.2 Å². The molecule has 0 saturated carbocycles. The zero-order valence-corrected chi connectivity index (χ0v) is 19.3. The molecule has 1 saturated heterocycles. The summed E-state index contributed by atoms with van der Waals surface area (Å²) in [6.45, 7) is 16.4. The lowest BCUT2D eigenvalue weighted by atomic mass is 10.2. The van der Waals surface area contributed by atoms with Gasteiger partial charge in [-0.25, -0.2) is 4.99 Å². The Labute approximate surface area is 172 Å². The molecule has 1 fully saturated rings. The number of likely N-dealkylation sites (tertiary alicyclic amines) is 1. The molecule has 0 radical (unpaired) electrons. The van der Waals surface area contributed by atoms with Gasteiger partial charge in [-0.3, -0.25) is 14.6 Å². The van der Waals surface area contributed by atoms with Crippen molar-refractivity contribution in [1.82, 2.24) is 25.3 Å². The summed E-state index contributed by atoms with van der Waals surface area (Å²) in [5, 5.41) is 6.89. The molecule has 1 aliphatic rings. The van der Waals surface area contributed by atoms with Gasteiger partial charge in [0.25, 0.3) is 0 Å². The standard InChI is InChI=1S/C21H44N6O/c1-8-26-13-9-11-19(26)15-23-21(24-16-20(28)25(6)7)22-12-10-14-27(17(2)3)18(4)5/h17-19H,8-16H2,1-7H3,(H2,22,23,24). The number of hydrogen-bond acceptors (Lipinski definition) is 4. The number of carbonyl (C=O) groups is 1. The number of aliphatic imine (C=N–C) groups is 1. The van der Waals surface area contributed by atoms with Crippen LogP contribution in [0.15, 0.2) is 4.99 Å². The van der Waals surface area contributed by atoms with Gasteiger partial charge < -0.3 is 15.5 Å². The van der Waals surface area contributed by atoms with E-state index in [0.29, 0.717) is 18.1 Å². The summed E-state index contributed by atoms with van der Waals surface area (Å²) in [5.74, 6) is 0.765. The van der Waals surface area contributed by atoms with Gasteiger partial charge in [0.2, 0.25) is 5.91 Å². The predicted octanol–water partition coefficient (Wildman–Crippen LogP) is 1.60. The van der Waals surface area contributed by atoms with Crippen LogP contribution in [0.1, 0.15) is 53.9 Å². The van der Waals surface area contributed by atoms with E-state index in [1.54, 1.807) is 19.0 Å². The molecule has 1 atom stereocenters. The fraction of sp³-hybridized carbons (Fsp3) is 0.905. The molecule has 2 N–H and O–H groups in total. The molecule has 7 heteroatoms. The summed E-state index contributed by atoms with van der Waals surface area (Å²) in [6.07, 6.45) is 3.53. The summed E-state index contributed by atoms with van der Waals surface area (Å²) >= 11 is 0. The van der Waals surface area contributed by atoms with Crippen molar-refractivity contribution in [2.75, 3.05) is 53.4 Å². The van der Waals surface area contributed by atoms with Crippen molar-refractivity contribution < 1.29 is 4.79 Å². The monoisotopic (exact) mass is 396 g/mol. The SMILES string of the molecule is CCN1CCCC1CNC(=NCC(=O)N(C)C)NCCCN(C(C)C)C(C)C. The Bertz CT molecular complexity index is 470. The second-order valence-corrected chi connectivity index (χ2v) is 8.46. The van der Waals surface area contributed by atoms with E-state index in [4.69, 9.17) is 0 Å². The highest BCUT2D eigenvalue weighted by atomic mass is 16.2. The average Bonchev–Trinajstić information content (AvgIpc) is 3.09. The Morgan fingerprint density at radius 1 is 1.18 bits per heavy atom. The summed E-state index contributed by atoms with van der Waals surface area (Å²) < 4.78 is 0. The Morgan fingerprint density at radius 2 is 1.86 bits per heavy atom. The predicted molar refractivity (Wildman–Crippen MR) is 119 cm³/mol. The lowest BCUT2D eigenvalue weighted by Gasteiger charge is -2.30. The molecule has 0 aliphatic carbocycles. The molecule has 0 bridgehead atoms. The number of nitrogens with zero attached hydrogens (tertiary/aromatic N) is 4. The lowest BCUT2D eigenvalue weighted by Crippen LogP contribution is -2.46. The molecule has 1 heterocycles. The fourth-order valence-corrected chi connectivity index (χ4v) is 3.80. The van der Waals surface area contributed by atoms with E-state index < -0.39 is 0 Å². The third kappa shape index (κ3) is 8.78. The van der Waals surface area contributed by atoms with Crippen LogP contribution in [0.5, 0.6) is 0 Å². The smallest absolute Gasteiger partial charge is 0.243 e. The van der Waals surface area contributed by atoms with Crippen LogP contribution >= 0.6 is 0 Å². The first-order chi connectivity index (χ1) is 13.3. The Kier molecular flexibility index (Phi) is 11.5. The summed E-state index contributed by atoms with van der Waals surface area (Å²) in [6, 6.07) is 1.65. The quantitative estimate of drug-likeness (QED) is 0.316. The summed E-state index contributed by atoms with van der Waals surface area (Å²) in [5.41, 5.74) is 0. The van der Waals surface area contributed by atoms with Crippen LogP contribution in [0.2, 0.25) is 0 Å². The Morgan fingerprint density at radius 3 is 2.43 bits per heavy atom. The summed E-state index contributed by atoms with van der Waals surface area (Å²) in [4.78, 5) is 23.0. The van der Waals surface area contributed by atoms with Crippen LogP contribution in [-0.4, -0.2) is 98.1 Å². The zero-order valence-electron chi connectivity index (χ0n) is 19.3. The minimum absolute atomic E-state index is 0.0166. The molecule has 1 unspecified atom stereocenters. The molecule has 7 nitrogen and oxygen atoms in total. The molecule has 164 valence electrons. The zero-order chi connectivity index (χ0) is 21.1. The third-order valence-electron chi connectivity index (χ3n) is 5.49. The first kappa shape index (κ1) is 24.7. The van der Waals surface area contributed by atoms with Gasteiger partial charge in [0.05, 0.1) is 0 Å². The minimum atomic E-state index is 0.0166. The van der Waals surface area contributed by atoms with Crippen LogP contribution in [-0.2, 0) is 4.79 Å². The van der Waals surface area contributed by atoms with Gasteiger partial charge in [-0.2, -0.15) is 0 Å². The maximum atomic E-state index is 11.9. The van der Waals surface area contributed by atoms with E-state index in [-0.39, 0.29) is 12.5 Å². The molecule has 1 aliphatic heterocycles. The van der Waals surface area contributed by atoms with E-state index in [0.717, 1.165) is 38.6 Å². The number of likely N-dealkylation sites (N-methyl/N-ethyl adjacent to an activating group) is 2. The van der Waals surface area contributed by atoms with Crippen molar-refractivity contribution in [3.05, 3.63) is 0 Å². The number of amides is 1. The van der Waals surface area contributed by atoms with Gasteiger partial charge >= 0.3 is 0 Å². The average molecular weight is 397 g/mol. The second-order valence-electron chi connectivity index (χ2n) is 8.46. The van der Waals surface area contributed by atoms with Gasteiger partial charge in [-0.1, -0.05) is 6.92 Å². The molecule has 0 aromatic rings. The van der Waals surface area contributed by atoms with E-state index in [1.807, 2.05) is 0 Å². The maximum absolute atomic E-state index is 11.9. The molecule has 1 amide bonds. The number of hydrogen-bond donors (Lipinski definition) is 2. The minimum Gasteiger partial charge on any atom is -0.356 e. The second kappa shape index (κ2) is 13.0. The highest BCUT2D eigenvalue weighted by molar-refractivity contribution is 5.84. The molecular weight excluding hydrogens is 352 g/mol. The lowest BCUT2D eigenvalue weighted by molar-refractivity contribution is -0.127. The Balaban J connectivity index is 2.55. The van der Waals surface area contributed by atoms with Crippen molar-refractivity contribution in [3.63, 3.8) is 0 Å². The van der Waals surface area contributed by atoms with Gasteiger partial charge in [-0.05, 0) is 60.0 Å². The van der Waals surface area contributed by atoms with Crippen LogP contribution in [0, 0.1) is 0 Å². The van der Waals surface area contributed by atoms with Crippen molar-refractivity contribution in [3.8, 4) is 0 Å². The van der Waals surface area contributed by atoms with E-state index in [9.17, 15) is 4.79 Å². The van der Waals surface area contributed by atoms with E-state index >= 15 is 0 Å². The molecule has 1 rings (SSSR count). The van der Waals surface area contributed by atoms with Crippen LogP contribution in [0.3, 0.4) is 0 Å². The number of nitrogens with one attached hydrogen (secondary N) is 2. The van der Waals surface area contributed by atoms with Crippen LogP contribution in [0.25, 0.3) is 0 Å². The van der Waals surface area contributed by atoms with Crippen LogP contribution < -0.4 is 10.6 Å². The van der Waals surface area contributed by atoms with Crippen LogP contribution in [0.4, 0.5) is 0 Å². The summed E-state index contributed by atoms with van der Waals surface area (Å²) in [7, 11) is 3.53. The number of guanidine groups is 1. The Hall–Kier alpha value is -1.34. The molecule has 28 heavy (non-hydrogen) atoms. The fourth-order valence-electron chi connectivity index (χ4n) is 3.80. The third-order valence-corrected chi connectivity index (χ3v) is 5.49. The molecule has 0 spiro atoms. The molecular formula is C21H44N6O. The van der Waals surface area contributed by atoms with Crippen molar-refractivity contribution in [2.45, 2.75) is 72.0 Å². The van der Waals surface area contributed by atoms with Crippen molar-refractivity contribution >= 4 is 11.9 Å².